The summed E-state index contributed by atoms with van der Waals surface area (Å²) in [6, 6.07) is 5.86. The molecule has 1 saturated carbocycles. The Bertz CT molecular complexity index is 415. The molecule has 14 heavy (non-hydrogen) atoms. The van der Waals surface area contributed by atoms with Gasteiger partial charge in [0.1, 0.15) is 5.82 Å². The van der Waals surface area contributed by atoms with Crippen molar-refractivity contribution in [2.75, 3.05) is 0 Å². The second-order valence-corrected chi connectivity index (χ2v) is 6.32. The Morgan fingerprint density at radius 3 is 2.29 bits per heavy atom. The number of hydrogen-bond acceptors (Lipinski definition) is 1. The van der Waals surface area contributed by atoms with Gasteiger partial charge in [-0.3, -0.25) is 4.21 Å². The monoisotopic (exact) mass is 212 g/mol. The van der Waals surface area contributed by atoms with Gasteiger partial charge in [-0.05, 0) is 52.5 Å². The average molecular weight is 212 g/mol. The van der Waals surface area contributed by atoms with Gasteiger partial charge < -0.3 is 0 Å². The summed E-state index contributed by atoms with van der Waals surface area (Å²) >= 11 is 0. The predicted molar refractivity (Wildman–Crippen MR) is 57.6 cm³/mol. The first-order valence-electron chi connectivity index (χ1n) is 4.72. The van der Waals surface area contributed by atoms with E-state index < -0.39 is 9.52 Å². The molecule has 0 amide bonds. The molecule has 3 heteroatoms. The fourth-order valence-electron chi connectivity index (χ4n) is 1.61. The van der Waals surface area contributed by atoms with E-state index >= 15 is 0 Å². The van der Waals surface area contributed by atoms with E-state index in [-0.39, 0.29) is 11.1 Å². The van der Waals surface area contributed by atoms with Gasteiger partial charge >= 0.3 is 0 Å². The Labute approximate surface area is 84.0 Å². The number of hydrogen-bond donors (Lipinski definition) is 0. The van der Waals surface area contributed by atoms with Crippen LogP contribution < -0.4 is 0 Å². The highest BCUT2D eigenvalue weighted by Crippen LogP contribution is 2.30. The van der Waals surface area contributed by atoms with Crippen LogP contribution in [-0.2, 0) is 9.52 Å². The second kappa shape index (κ2) is 3.39. The minimum absolute atomic E-state index is 0.202. The van der Waals surface area contributed by atoms with E-state index in [1.165, 1.54) is 12.1 Å². The normalized spacial score (nSPS) is 21.2. The van der Waals surface area contributed by atoms with Crippen LogP contribution in [0.25, 0.3) is 0 Å². The molecule has 1 aromatic rings. The van der Waals surface area contributed by atoms with Gasteiger partial charge in [0.05, 0.1) is 0 Å². The van der Waals surface area contributed by atoms with E-state index in [0.717, 1.165) is 19.3 Å². The molecule has 0 bridgehead atoms. The number of benzene rings is 1. The van der Waals surface area contributed by atoms with Crippen LogP contribution in [0, 0.1) is 5.82 Å². The molecule has 0 aromatic heterocycles. The molecular weight excluding hydrogens is 199 g/mol. The Kier molecular flexibility index (Phi) is 2.35. The molecule has 76 valence electrons. The molecule has 1 atom stereocenters. The zero-order valence-electron chi connectivity index (χ0n) is 7.91. The highest BCUT2D eigenvalue weighted by Gasteiger charge is 2.27. The van der Waals surface area contributed by atoms with Gasteiger partial charge in [-0.2, -0.15) is 0 Å². The van der Waals surface area contributed by atoms with Gasteiger partial charge in [0.15, 0.2) is 0 Å². The molecule has 2 rings (SSSR count). The van der Waals surface area contributed by atoms with E-state index in [1.54, 1.807) is 12.1 Å². The maximum Gasteiger partial charge on any atom is 0.123 e. The lowest BCUT2D eigenvalue weighted by Gasteiger charge is -2.29. The smallest absolute Gasteiger partial charge is 0.123 e. The molecule has 0 spiro atoms. The summed E-state index contributed by atoms with van der Waals surface area (Å²) in [5.41, 5.74) is 0. The average Bonchev–Trinajstić information content (AvgIpc) is 2.00. The van der Waals surface area contributed by atoms with Crippen LogP contribution in [0.3, 0.4) is 0 Å². The van der Waals surface area contributed by atoms with Crippen LogP contribution in [0.5, 0.6) is 0 Å². The van der Waals surface area contributed by atoms with Gasteiger partial charge in [0, 0.05) is 10.1 Å². The molecule has 0 heterocycles. The highest BCUT2D eigenvalue weighted by molar-refractivity contribution is 8.01. The van der Waals surface area contributed by atoms with Gasteiger partial charge in [-0.25, -0.2) is 4.39 Å². The molecule has 1 unspecified atom stereocenters. The van der Waals surface area contributed by atoms with Crippen LogP contribution in [0.2, 0.25) is 0 Å². The van der Waals surface area contributed by atoms with Crippen LogP contribution >= 0.6 is 0 Å². The molecule has 1 aromatic carbocycles. The Balaban J connectivity index is 2.34. The summed E-state index contributed by atoms with van der Waals surface area (Å²) < 4.78 is 24.9. The van der Waals surface area contributed by atoms with Gasteiger partial charge in [-0.1, -0.05) is 6.42 Å². The summed E-state index contributed by atoms with van der Waals surface area (Å²) in [4.78, 5) is 0.684. The van der Waals surface area contributed by atoms with Crippen molar-refractivity contribution in [3.63, 3.8) is 0 Å². The minimum Gasteiger partial charge on any atom is -0.263 e. The number of rotatable bonds is 2. The fourth-order valence-corrected chi connectivity index (χ4v) is 3.69. The number of halogens is 1. The lowest BCUT2D eigenvalue weighted by molar-refractivity contribution is 0.503. The Morgan fingerprint density at radius 2 is 1.86 bits per heavy atom. The summed E-state index contributed by atoms with van der Waals surface area (Å²) in [5.74, 6) is 3.50. The summed E-state index contributed by atoms with van der Waals surface area (Å²) in [6.45, 7) is 0. The molecule has 1 aliphatic carbocycles. The maximum absolute atomic E-state index is 12.7. The molecule has 1 aliphatic rings. The SMILES string of the molecule is C=S(=O)(c1ccc(F)cc1)C1CCC1. The zero-order valence-corrected chi connectivity index (χ0v) is 8.73. The maximum atomic E-state index is 12.7. The van der Waals surface area contributed by atoms with Gasteiger partial charge in [-0.15, -0.1) is 0 Å². The van der Waals surface area contributed by atoms with E-state index in [4.69, 9.17) is 0 Å². The quantitative estimate of drug-likeness (QED) is 0.688. The van der Waals surface area contributed by atoms with Crippen LogP contribution in [-0.4, -0.2) is 15.3 Å². The first-order valence-corrected chi connectivity index (χ1v) is 6.51. The molecule has 1 nitrogen and oxygen atoms in total. The fraction of sp³-hybridized carbons (Fsp3) is 0.364. The topological polar surface area (TPSA) is 17.1 Å². The molecule has 0 saturated heterocycles. The van der Waals surface area contributed by atoms with E-state index in [2.05, 4.69) is 5.87 Å². The molecular formula is C11H13FOS. The Hall–Kier alpha value is -0.830. The standard InChI is InChI=1S/C11H13FOS/c1-14(13,10-3-2-4-10)11-7-5-9(12)6-8-11/h5-8,10H,1-4H2. The Morgan fingerprint density at radius 1 is 1.29 bits per heavy atom. The first-order chi connectivity index (χ1) is 6.60. The van der Waals surface area contributed by atoms with E-state index in [9.17, 15) is 8.60 Å². The van der Waals surface area contributed by atoms with Crippen molar-refractivity contribution in [3.05, 3.63) is 30.1 Å². The van der Waals surface area contributed by atoms with Crippen molar-refractivity contribution < 1.29 is 8.60 Å². The third kappa shape index (κ3) is 1.57. The van der Waals surface area contributed by atoms with Gasteiger partial charge in [0.25, 0.3) is 0 Å². The van der Waals surface area contributed by atoms with Crippen molar-refractivity contribution in [1.29, 1.82) is 0 Å². The van der Waals surface area contributed by atoms with Crippen molar-refractivity contribution in [1.82, 2.24) is 0 Å². The van der Waals surface area contributed by atoms with Crippen LogP contribution in [0.1, 0.15) is 19.3 Å². The lowest BCUT2D eigenvalue weighted by Crippen LogP contribution is -2.28. The molecule has 0 N–H and O–H groups in total. The van der Waals surface area contributed by atoms with E-state index in [0.29, 0.717) is 4.90 Å². The molecule has 1 fully saturated rings. The third-order valence-electron chi connectivity index (χ3n) is 2.80. The first kappa shape index (κ1) is 9.71. The van der Waals surface area contributed by atoms with Crippen LogP contribution in [0.4, 0.5) is 4.39 Å². The molecule has 0 aliphatic heterocycles. The predicted octanol–water partition coefficient (Wildman–Crippen LogP) is 2.45. The molecule has 0 radical (unpaired) electrons. The van der Waals surface area contributed by atoms with Crippen molar-refractivity contribution in [2.24, 2.45) is 0 Å². The third-order valence-corrected chi connectivity index (χ3v) is 5.42. The largest absolute Gasteiger partial charge is 0.263 e. The second-order valence-electron chi connectivity index (χ2n) is 3.73. The van der Waals surface area contributed by atoms with Crippen molar-refractivity contribution >= 4 is 15.4 Å². The van der Waals surface area contributed by atoms with E-state index in [1.807, 2.05) is 0 Å². The van der Waals surface area contributed by atoms with Crippen molar-refractivity contribution in [2.45, 2.75) is 29.4 Å². The zero-order chi connectivity index (χ0) is 10.2. The highest BCUT2D eigenvalue weighted by atomic mass is 32.2. The summed E-state index contributed by atoms with van der Waals surface area (Å²) in [7, 11) is -2.19. The van der Waals surface area contributed by atoms with Gasteiger partial charge in [0.2, 0.25) is 0 Å². The van der Waals surface area contributed by atoms with Crippen molar-refractivity contribution in [3.8, 4) is 0 Å². The lowest BCUT2D eigenvalue weighted by atomic mass is 10.00. The minimum atomic E-state index is -2.19. The summed E-state index contributed by atoms with van der Waals surface area (Å²) in [5, 5.41) is 0.202. The van der Waals surface area contributed by atoms with Crippen LogP contribution in [0.15, 0.2) is 29.2 Å². The summed E-state index contributed by atoms with van der Waals surface area (Å²) in [6.07, 6.45) is 3.11.